The fourth-order valence-corrected chi connectivity index (χ4v) is 4.48. The van der Waals surface area contributed by atoms with Gasteiger partial charge in [-0.3, -0.25) is 9.69 Å². The van der Waals surface area contributed by atoms with Crippen molar-refractivity contribution < 1.29 is 23.7 Å². The fraction of sp³-hybridized carbons (Fsp3) is 0.500. The summed E-state index contributed by atoms with van der Waals surface area (Å²) >= 11 is 1.72. The lowest BCUT2D eigenvalue weighted by atomic mass is 10.1. The Morgan fingerprint density at radius 2 is 1.87 bits per heavy atom. The number of carbonyl (C=O) groups is 1. The Bertz CT molecular complexity index is 781. The van der Waals surface area contributed by atoms with E-state index in [0.29, 0.717) is 36.6 Å². The van der Waals surface area contributed by atoms with Crippen LogP contribution < -0.4 is 19.5 Å². The van der Waals surface area contributed by atoms with Crippen molar-refractivity contribution in [2.24, 2.45) is 0 Å². The molecule has 1 aliphatic heterocycles. The number of carbonyl (C=O) groups excluding carboxylic acids is 1. The third-order valence-corrected chi connectivity index (χ3v) is 6.19. The molecule has 0 bridgehead atoms. The first kappa shape index (κ1) is 22.4. The first-order chi connectivity index (χ1) is 14.7. The van der Waals surface area contributed by atoms with E-state index in [1.54, 1.807) is 32.7 Å². The molecular formula is C22H30N2O5S. The van der Waals surface area contributed by atoms with E-state index >= 15 is 0 Å². The molecule has 0 spiro atoms. The van der Waals surface area contributed by atoms with Gasteiger partial charge in [-0.05, 0) is 35.6 Å². The average Bonchev–Trinajstić information content (AvgIpc) is 3.32. The van der Waals surface area contributed by atoms with Gasteiger partial charge in [0.25, 0.3) is 0 Å². The molecule has 1 aromatic carbocycles. The highest BCUT2D eigenvalue weighted by atomic mass is 32.1. The molecule has 8 heteroatoms. The van der Waals surface area contributed by atoms with Crippen LogP contribution in [0.3, 0.4) is 0 Å². The summed E-state index contributed by atoms with van der Waals surface area (Å²) in [4.78, 5) is 16.2. The maximum absolute atomic E-state index is 12.6. The minimum absolute atomic E-state index is 0.0265. The normalized spacial score (nSPS) is 15.4. The van der Waals surface area contributed by atoms with E-state index in [1.165, 1.54) is 4.88 Å². The van der Waals surface area contributed by atoms with Crippen LogP contribution in [0.25, 0.3) is 0 Å². The van der Waals surface area contributed by atoms with Gasteiger partial charge < -0.3 is 24.3 Å². The molecule has 1 N–H and O–H groups in total. The maximum atomic E-state index is 12.6. The Morgan fingerprint density at radius 1 is 1.17 bits per heavy atom. The Hall–Kier alpha value is -2.29. The molecule has 1 unspecified atom stereocenters. The maximum Gasteiger partial charge on any atom is 0.220 e. The van der Waals surface area contributed by atoms with Crippen LogP contribution in [-0.4, -0.2) is 65.0 Å². The Morgan fingerprint density at radius 3 is 2.43 bits per heavy atom. The number of morpholine rings is 1. The highest BCUT2D eigenvalue weighted by Crippen LogP contribution is 2.38. The smallest absolute Gasteiger partial charge is 0.220 e. The molecule has 0 saturated carbocycles. The molecule has 0 radical (unpaired) electrons. The second-order valence-corrected chi connectivity index (χ2v) is 8.00. The Balaban J connectivity index is 1.58. The van der Waals surface area contributed by atoms with Crippen LogP contribution in [-0.2, 0) is 16.0 Å². The van der Waals surface area contributed by atoms with Crippen molar-refractivity contribution in [1.82, 2.24) is 10.2 Å². The van der Waals surface area contributed by atoms with E-state index in [9.17, 15) is 4.79 Å². The Kier molecular flexibility index (Phi) is 8.36. The number of hydrogen-bond acceptors (Lipinski definition) is 7. The van der Waals surface area contributed by atoms with Crippen LogP contribution in [0.5, 0.6) is 17.2 Å². The van der Waals surface area contributed by atoms with Gasteiger partial charge in [0, 0.05) is 30.9 Å². The molecule has 2 aromatic rings. The SMILES string of the molecule is COc1cc(CCC(=O)NCC(c2cccs2)N2CCOCC2)cc(OC)c1OC. The van der Waals surface area contributed by atoms with Gasteiger partial charge in [-0.15, -0.1) is 11.3 Å². The van der Waals surface area contributed by atoms with Gasteiger partial charge >= 0.3 is 0 Å². The highest BCUT2D eigenvalue weighted by Gasteiger charge is 2.24. The van der Waals surface area contributed by atoms with Gasteiger partial charge in [0.1, 0.15) is 0 Å². The lowest BCUT2D eigenvalue weighted by Crippen LogP contribution is -2.43. The molecule has 0 aliphatic carbocycles. The van der Waals surface area contributed by atoms with Crippen molar-refractivity contribution in [1.29, 1.82) is 0 Å². The number of amides is 1. The third kappa shape index (κ3) is 5.65. The molecule has 164 valence electrons. The minimum atomic E-state index is 0.0265. The summed E-state index contributed by atoms with van der Waals surface area (Å²) in [6, 6.07) is 8.14. The number of methoxy groups -OCH3 is 3. The van der Waals surface area contributed by atoms with Gasteiger partial charge in [-0.1, -0.05) is 6.07 Å². The molecule has 2 heterocycles. The second-order valence-electron chi connectivity index (χ2n) is 7.02. The largest absolute Gasteiger partial charge is 0.493 e. The molecule has 1 aromatic heterocycles. The zero-order valence-corrected chi connectivity index (χ0v) is 18.6. The van der Waals surface area contributed by atoms with E-state index in [-0.39, 0.29) is 11.9 Å². The van der Waals surface area contributed by atoms with Gasteiger partial charge in [-0.2, -0.15) is 0 Å². The first-order valence-electron chi connectivity index (χ1n) is 10.1. The van der Waals surface area contributed by atoms with Crippen molar-refractivity contribution in [3.63, 3.8) is 0 Å². The van der Waals surface area contributed by atoms with Gasteiger partial charge in [0.2, 0.25) is 11.7 Å². The van der Waals surface area contributed by atoms with E-state index in [2.05, 4.69) is 27.7 Å². The monoisotopic (exact) mass is 434 g/mol. The Labute approximate surface area is 181 Å². The van der Waals surface area contributed by atoms with Crippen LogP contribution in [0.4, 0.5) is 0 Å². The van der Waals surface area contributed by atoms with Gasteiger partial charge in [-0.25, -0.2) is 0 Å². The molecule has 30 heavy (non-hydrogen) atoms. The summed E-state index contributed by atoms with van der Waals surface area (Å²) < 4.78 is 21.6. The van der Waals surface area contributed by atoms with Crippen LogP contribution in [0.2, 0.25) is 0 Å². The van der Waals surface area contributed by atoms with Crippen molar-refractivity contribution >= 4 is 17.2 Å². The van der Waals surface area contributed by atoms with Crippen LogP contribution >= 0.6 is 11.3 Å². The zero-order chi connectivity index (χ0) is 21.3. The summed E-state index contributed by atoms with van der Waals surface area (Å²) in [7, 11) is 4.75. The lowest BCUT2D eigenvalue weighted by molar-refractivity contribution is -0.121. The summed E-state index contributed by atoms with van der Waals surface area (Å²) in [6.07, 6.45) is 0.975. The van der Waals surface area contributed by atoms with Crippen molar-refractivity contribution in [3.05, 3.63) is 40.1 Å². The molecule has 1 amide bonds. The highest BCUT2D eigenvalue weighted by molar-refractivity contribution is 7.10. The number of rotatable bonds is 10. The second kappa shape index (κ2) is 11.2. The number of thiophene rings is 1. The molecule has 7 nitrogen and oxygen atoms in total. The molecule has 1 atom stereocenters. The summed E-state index contributed by atoms with van der Waals surface area (Å²) in [6.45, 7) is 3.82. The van der Waals surface area contributed by atoms with E-state index in [0.717, 1.165) is 31.9 Å². The van der Waals surface area contributed by atoms with Crippen molar-refractivity contribution in [2.45, 2.75) is 18.9 Å². The van der Waals surface area contributed by atoms with Gasteiger partial charge in [0.15, 0.2) is 11.5 Å². The zero-order valence-electron chi connectivity index (χ0n) is 17.8. The quantitative estimate of drug-likeness (QED) is 0.620. The summed E-state index contributed by atoms with van der Waals surface area (Å²) in [5.74, 6) is 1.77. The number of nitrogens with one attached hydrogen (secondary N) is 1. The van der Waals surface area contributed by atoms with Crippen LogP contribution in [0.1, 0.15) is 22.9 Å². The fourth-order valence-electron chi connectivity index (χ4n) is 3.62. The van der Waals surface area contributed by atoms with E-state index < -0.39 is 0 Å². The number of nitrogens with zero attached hydrogens (tertiary/aromatic N) is 1. The number of aryl methyl sites for hydroxylation is 1. The van der Waals surface area contributed by atoms with E-state index in [1.807, 2.05) is 12.1 Å². The predicted molar refractivity (Wildman–Crippen MR) is 117 cm³/mol. The first-order valence-corrected chi connectivity index (χ1v) is 10.9. The average molecular weight is 435 g/mol. The summed E-state index contributed by atoms with van der Waals surface area (Å²) in [5, 5.41) is 5.19. The van der Waals surface area contributed by atoms with Crippen LogP contribution in [0.15, 0.2) is 29.6 Å². The molecule has 1 saturated heterocycles. The van der Waals surface area contributed by atoms with Crippen molar-refractivity contribution in [2.75, 3.05) is 54.2 Å². The molecule has 1 aliphatic rings. The summed E-state index contributed by atoms with van der Waals surface area (Å²) in [5.41, 5.74) is 0.961. The number of ether oxygens (including phenoxy) is 4. The topological polar surface area (TPSA) is 69.3 Å². The lowest BCUT2D eigenvalue weighted by Gasteiger charge is -2.34. The van der Waals surface area contributed by atoms with E-state index in [4.69, 9.17) is 18.9 Å². The standard InChI is InChI=1S/C22H30N2O5S/c1-26-18-13-16(14-19(27-2)22(18)28-3)6-7-21(25)23-15-17(20-5-4-12-30-20)24-8-10-29-11-9-24/h4-5,12-14,17H,6-11,15H2,1-3H3,(H,23,25). The molecule has 3 rings (SSSR count). The predicted octanol–water partition coefficient (Wildman–Crippen LogP) is 2.90. The number of benzene rings is 1. The van der Waals surface area contributed by atoms with Crippen molar-refractivity contribution in [3.8, 4) is 17.2 Å². The third-order valence-electron chi connectivity index (χ3n) is 5.22. The number of hydrogen-bond donors (Lipinski definition) is 1. The minimum Gasteiger partial charge on any atom is -0.493 e. The molecule has 1 fully saturated rings. The van der Waals surface area contributed by atoms with Gasteiger partial charge in [0.05, 0.1) is 40.6 Å². The molecular weight excluding hydrogens is 404 g/mol. The van der Waals surface area contributed by atoms with Crippen LogP contribution in [0, 0.1) is 0 Å².